The van der Waals surface area contributed by atoms with Crippen LogP contribution in [0.2, 0.25) is 10.0 Å². The van der Waals surface area contributed by atoms with Gasteiger partial charge in [0.2, 0.25) is 11.8 Å². The fourth-order valence-corrected chi connectivity index (χ4v) is 3.04. The molecule has 0 spiro atoms. The van der Waals surface area contributed by atoms with Crippen molar-refractivity contribution in [3.63, 3.8) is 0 Å². The average molecular weight is 393 g/mol. The van der Waals surface area contributed by atoms with Crippen molar-refractivity contribution in [2.45, 2.75) is 26.3 Å². The number of halogens is 2. The molecule has 2 rings (SSSR count). The molecule has 2 amide bonds. The predicted molar refractivity (Wildman–Crippen MR) is 105 cm³/mol. The van der Waals surface area contributed by atoms with Crippen molar-refractivity contribution in [1.29, 1.82) is 0 Å². The van der Waals surface area contributed by atoms with E-state index in [1.165, 1.54) is 6.92 Å². The summed E-state index contributed by atoms with van der Waals surface area (Å²) in [6.07, 6.45) is 0.892. The molecule has 0 aliphatic carbocycles. The lowest BCUT2D eigenvalue weighted by Gasteiger charge is -2.21. The van der Waals surface area contributed by atoms with Gasteiger partial charge in [0.25, 0.3) is 0 Å². The zero-order chi connectivity index (χ0) is 18.9. The predicted octanol–water partition coefficient (Wildman–Crippen LogP) is 4.09. The Bertz CT molecular complexity index is 751. The zero-order valence-corrected chi connectivity index (χ0v) is 16.2. The Morgan fingerprint density at radius 2 is 1.81 bits per heavy atom. The smallest absolute Gasteiger partial charge is 0.221 e. The molecule has 0 saturated heterocycles. The van der Waals surface area contributed by atoms with Crippen LogP contribution >= 0.6 is 23.2 Å². The summed E-state index contributed by atoms with van der Waals surface area (Å²) in [4.78, 5) is 25.5. The molecular formula is C20H22Cl2N2O2. The second kappa shape index (κ2) is 10.2. The van der Waals surface area contributed by atoms with Crippen molar-refractivity contribution < 1.29 is 9.59 Å². The van der Waals surface area contributed by atoms with Gasteiger partial charge in [0.05, 0.1) is 0 Å². The summed E-state index contributed by atoms with van der Waals surface area (Å²) in [5.41, 5.74) is 1.98. The largest absolute Gasteiger partial charge is 0.356 e. The second-order valence-electron chi connectivity index (χ2n) is 6.01. The van der Waals surface area contributed by atoms with Gasteiger partial charge in [-0.05, 0) is 29.7 Å². The highest BCUT2D eigenvalue weighted by molar-refractivity contribution is 6.35. The van der Waals surface area contributed by atoms with Gasteiger partial charge in [-0.25, -0.2) is 0 Å². The SMILES string of the molecule is CC(=O)N(CCC(=O)NCCc1ccc(Cl)cc1Cl)Cc1ccccc1. The summed E-state index contributed by atoms with van der Waals surface area (Å²) >= 11 is 12.0. The van der Waals surface area contributed by atoms with E-state index in [1.807, 2.05) is 36.4 Å². The van der Waals surface area contributed by atoms with E-state index in [0.29, 0.717) is 36.1 Å². The minimum atomic E-state index is -0.0885. The van der Waals surface area contributed by atoms with Crippen molar-refractivity contribution >= 4 is 35.0 Å². The van der Waals surface area contributed by atoms with Gasteiger partial charge in [-0.2, -0.15) is 0 Å². The van der Waals surface area contributed by atoms with E-state index < -0.39 is 0 Å². The highest BCUT2D eigenvalue weighted by Gasteiger charge is 2.12. The minimum absolute atomic E-state index is 0.0467. The lowest BCUT2D eigenvalue weighted by molar-refractivity contribution is -0.130. The molecule has 0 atom stereocenters. The number of hydrogen-bond acceptors (Lipinski definition) is 2. The van der Waals surface area contributed by atoms with E-state index in [4.69, 9.17) is 23.2 Å². The Morgan fingerprint density at radius 1 is 1.08 bits per heavy atom. The summed E-state index contributed by atoms with van der Waals surface area (Å²) in [6.45, 7) is 2.89. The van der Waals surface area contributed by atoms with E-state index in [9.17, 15) is 9.59 Å². The molecule has 4 nitrogen and oxygen atoms in total. The maximum Gasteiger partial charge on any atom is 0.221 e. The number of benzene rings is 2. The van der Waals surface area contributed by atoms with Crippen LogP contribution in [0.15, 0.2) is 48.5 Å². The van der Waals surface area contributed by atoms with Crippen LogP contribution in [0.4, 0.5) is 0 Å². The molecule has 0 radical (unpaired) electrons. The molecule has 1 N–H and O–H groups in total. The van der Waals surface area contributed by atoms with Gasteiger partial charge in [0, 0.05) is 43.0 Å². The number of carbonyl (C=O) groups excluding carboxylic acids is 2. The molecule has 0 heterocycles. The fraction of sp³-hybridized carbons (Fsp3) is 0.300. The van der Waals surface area contributed by atoms with Crippen LogP contribution in [0.1, 0.15) is 24.5 Å². The van der Waals surface area contributed by atoms with Crippen molar-refractivity contribution in [3.05, 3.63) is 69.7 Å². The van der Waals surface area contributed by atoms with Crippen LogP contribution in [0, 0.1) is 0 Å². The molecule has 2 aromatic carbocycles. The normalized spacial score (nSPS) is 10.4. The van der Waals surface area contributed by atoms with E-state index in [0.717, 1.165) is 11.1 Å². The third-order valence-corrected chi connectivity index (χ3v) is 4.59. The molecule has 0 bridgehead atoms. The lowest BCUT2D eigenvalue weighted by Crippen LogP contribution is -2.34. The first-order chi connectivity index (χ1) is 12.5. The average Bonchev–Trinajstić information content (AvgIpc) is 2.61. The Hall–Kier alpha value is -2.04. The Morgan fingerprint density at radius 3 is 2.46 bits per heavy atom. The van der Waals surface area contributed by atoms with Crippen LogP contribution in [0.25, 0.3) is 0 Å². The standard InChI is InChI=1S/C20H22Cl2N2O2/c1-15(25)24(14-16-5-3-2-4-6-16)12-10-20(26)23-11-9-17-7-8-18(21)13-19(17)22/h2-8,13H,9-12,14H2,1H3,(H,23,26). The van der Waals surface area contributed by atoms with Gasteiger partial charge in [-0.1, -0.05) is 59.6 Å². The molecule has 0 saturated carbocycles. The number of nitrogens with one attached hydrogen (secondary N) is 1. The van der Waals surface area contributed by atoms with Crippen LogP contribution in [-0.2, 0) is 22.6 Å². The minimum Gasteiger partial charge on any atom is -0.356 e. The van der Waals surface area contributed by atoms with Crippen molar-refractivity contribution in [2.24, 2.45) is 0 Å². The summed E-state index contributed by atoms with van der Waals surface area (Å²) in [5.74, 6) is -0.135. The first kappa shape index (κ1) is 20.3. The number of amides is 2. The monoisotopic (exact) mass is 392 g/mol. The van der Waals surface area contributed by atoms with Gasteiger partial charge in [0.15, 0.2) is 0 Å². The van der Waals surface area contributed by atoms with E-state index >= 15 is 0 Å². The van der Waals surface area contributed by atoms with Gasteiger partial charge in [0.1, 0.15) is 0 Å². The Kier molecular flexibility index (Phi) is 7.95. The van der Waals surface area contributed by atoms with E-state index in [-0.39, 0.29) is 18.2 Å². The van der Waals surface area contributed by atoms with Crippen molar-refractivity contribution in [1.82, 2.24) is 10.2 Å². The van der Waals surface area contributed by atoms with Crippen molar-refractivity contribution in [3.8, 4) is 0 Å². The van der Waals surface area contributed by atoms with Crippen LogP contribution in [-0.4, -0.2) is 29.8 Å². The Labute approximate surface area is 164 Å². The first-order valence-corrected chi connectivity index (χ1v) is 9.21. The molecule has 0 fully saturated rings. The second-order valence-corrected chi connectivity index (χ2v) is 6.86. The molecule has 2 aromatic rings. The van der Waals surface area contributed by atoms with E-state index in [2.05, 4.69) is 5.32 Å². The molecule has 0 aliphatic rings. The molecule has 0 aromatic heterocycles. The molecule has 26 heavy (non-hydrogen) atoms. The van der Waals surface area contributed by atoms with Crippen molar-refractivity contribution in [2.75, 3.05) is 13.1 Å². The summed E-state index contributed by atoms with van der Waals surface area (Å²) in [6, 6.07) is 15.0. The topological polar surface area (TPSA) is 49.4 Å². The van der Waals surface area contributed by atoms with Crippen LogP contribution in [0.5, 0.6) is 0 Å². The number of rotatable bonds is 8. The molecule has 0 aliphatic heterocycles. The molecular weight excluding hydrogens is 371 g/mol. The number of hydrogen-bond donors (Lipinski definition) is 1. The van der Waals surface area contributed by atoms with Gasteiger partial charge in [-0.3, -0.25) is 9.59 Å². The highest BCUT2D eigenvalue weighted by Crippen LogP contribution is 2.21. The van der Waals surface area contributed by atoms with E-state index in [1.54, 1.807) is 17.0 Å². The number of carbonyl (C=O) groups is 2. The van der Waals surface area contributed by atoms with Gasteiger partial charge in [-0.15, -0.1) is 0 Å². The third-order valence-electron chi connectivity index (χ3n) is 4.00. The summed E-state index contributed by atoms with van der Waals surface area (Å²) < 4.78 is 0. The summed E-state index contributed by atoms with van der Waals surface area (Å²) in [7, 11) is 0. The first-order valence-electron chi connectivity index (χ1n) is 8.46. The van der Waals surface area contributed by atoms with Crippen LogP contribution < -0.4 is 5.32 Å². The lowest BCUT2D eigenvalue weighted by atomic mass is 10.1. The highest BCUT2D eigenvalue weighted by atomic mass is 35.5. The quantitative estimate of drug-likeness (QED) is 0.735. The zero-order valence-electron chi connectivity index (χ0n) is 14.7. The maximum atomic E-state index is 12.0. The molecule has 6 heteroatoms. The molecule has 138 valence electrons. The van der Waals surface area contributed by atoms with Gasteiger partial charge >= 0.3 is 0 Å². The fourth-order valence-electron chi connectivity index (χ4n) is 2.54. The van der Waals surface area contributed by atoms with Gasteiger partial charge < -0.3 is 10.2 Å². The molecule has 0 unspecified atom stereocenters. The maximum absolute atomic E-state index is 12.0. The number of nitrogens with zero attached hydrogens (tertiary/aromatic N) is 1. The van der Waals surface area contributed by atoms with Crippen LogP contribution in [0.3, 0.4) is 0 Å². The third kappa shape index (κ3) is 6.70. The summed E-state index contributed by atoms with van der Waals surface area (Å²) in [5, 5.41) is 4.05. The Balaban J connectivity index is 1.76.